The average Bonchev–Trinajstić information content (AvgIpc) is 2.30. The van der Waals surface area contributed by atoms with Gasteiger partial charge in [0, 0.05) is 12.8 Å². The third kappa shape index (κ3) is 2.82. The summed E-state index contributed by atoms with van der Waals surface area (Å²) in [6, 6.07) is 10.4. The summed E-state index contributed by atoms with van der Waals surface area (Å²) in [5.74, 6) is 0.884. The fourth-order valence-electron chi connectivity index (χ4n) is 2.35. The largest absolute Gasteiger partial charge is 0.300 e. The third-order valence-electron chi connectivity index (χ3n) is 3.24. The highest BCUT2D eigenvalue weighted by Crippen LogP contribution is 2.26. The van der Waals surface area contributed by atoms with Gasteiger partial charge < -0.3 is 0 Å². The molecule has 0 spiro atoms. The van der Waals surface area contributed by atoms with Crippen LogP contribution in [0.4, 0.5) is 0 Å². The summed E-state index contributed by atoms with van der Waals surface area (Å²) < 4.78 is 0. The molecule has 1 aliphatic carbocycles. The van der Waals surface area contributed by atoms with Crippen LogP contribution >= 0.6 is 0 Å². The normalized spacial score (nSPS) is 22.2. The van der Waals surface area contributed by atoms with Gasteiger partial charge >= 0.3 is 0 Å². The van der Waals surface area contributed by atoms with Gasteiger partial charge in [-0.1, -0.05) is 36.4 Å². The molecule has 0 aromatic heterocycles. The van der Waals surface area contributed by atoms with E-state index in [-0.39, 0.29) is 0 Å². The van der Waals surface area contributed by atoms with E-state index >= 15 is 0 Å². The minimum atomic E-state index is 0.424. The predicted molar refractivity (Wildman–Crippen MR) is 67.1 cm³/mol. The van der Waals surface area contributed by atoms with E-state index in [0.29, 0.717) is 11.7 Å². The summed E-state index contributed by atoms with van der Waals surface area (Å²) in [5.41, 5.74) is 2.56. The summed E-state index contributed by atoms with van der Waals surface area (Å²) in [4.78, 5) is 11.4. The Bertz CT molecular complexity index is 389. The number of rotatable bonds is 2. The molecule has 0 radical (unpaired) electrons. The summed E-state index contributed by atoms with van der Waals surface area (Å²) >= 11 is 0. The first-order valence-electron chi connectivity index (χ1n) is 6.01. The number of carbonyl (C=O) groups excluding carboxylic acids is 1. The van der Waals surface area contributed by atoms with Gasteiger partial charge in [0.2, 0.25) is 0 Å². The standard InChI is InChI=1S/C15H18O/c1-12(14-7-3-2-4-8-14)10-13-6-5-9-15(16)11-13/h2-4,7-8,10,13H,5-6,9,11H2,1H3/b12-10+/t13-/m1/s1. The molecule has 1 atom stereocenters. The van der Waals surface area contributed by atoms with Gasteiger partial charge in [-0.15, -0.1) is 0 Å². The number of hydrogen-bond acceptors (Lipinski definition) is 1. The van der Waals surface area contributed by atoms with Crippen molar-refractivity contribution >= 4 is 11.4 Å². The maximum atomic E-state index is 11.4. The lowest BCUT2D eigenvalue weighted by atomic mass is 9.86. The summed E-state index contributed by atoms with van der Waals surface area (Å²) in [5, 5.41) is 0. The first-order chi connectivity index (χ1) is 7.75. The molecule has 1 saturated carbocycles. The minimum absolute atomic E-state index is 0.424. The topological polar surface area (TPSA) is 17.1 Å². The molecule has 1 heteroatoms. The van der Waals surface area contributed by atoms with Gasteiger partial charge in [-0.25, -0.2) is 0 Å². The van der Waals surface area contributed by atoms with E-state index in [1.165, 1.54) is 11.1 Å². The number of ketones is 1. The molecule has 0 heterocycles. The number of benzene rings is 1. The van der Waals surface area contributed by atoms with Gasteiger partial charge in [0.05, 0.1) is 0 Å². The van der Waals surface area contributed by atoms with E-state index in [1.54, 1.807) is 0 Å². The Kier molecular flexibility index (Phi) is 3.55. The van der Waals surface area contributed by atoms with Gasteiger partial charge in [0.15, 0.2) is 0 Å². The number of hydrogen-bond donors (Lipinski definition) is 0. The van der Waals surface area contributed by atoms with Crippen molar-refractivity contribution in [2.45, 2.75) is 32.6 Å². The molecule has 1 aliphatic rings. The Morgan fingerprint density at radius 1 is 1.31 bits per heavy atom. The van der Waals surface area contributed by atoms with E-state index < -0.39 is 0 Å². The lowest BCUT2D eigenvalue weighted by Gasteiger charge is -2.18. The van der Waals surface area contributed by atoms with Crippen molar-refractivity contribution in [2.24, 2.45) is 5.92 Å². The molecule has 0 saturated heterocycles. The van der Waals surface area contributed by atoms with Crippen molar-refractivity contribution < 1.29 is 4.79 Å². The molecule has 1 fully saturated rings. The summed E-state index contributed by atoms with van der Waals surface area (Å²) in [7, 11) is 0. The fourth-order valence-corrected chi connectivity index (χ4v) is 2.35. The van der Waals surface area contributed by atoms with Crippen LogP contribution in [0.3, 0.4) is 0 Å². The molecular weight excluding hydrogens is 196 g/mol. The molecule has 1 aromatic carbocycles. The van der Waals surface area contributed by atoms with Crippen LogP contribution in [0.5, 0.6) is 0 Å². The minimum Gasteiger partial charge on any atom is -0.300 e. The fraction of sp³-hybridized carbons (Fsp3) is 0.400. The summed E-state index contributed by atoms with van der Waals surface area (Å²) in [6.45, 7) is 2.13. The maximum Gasteiger partial charge on any atom is 0.133 e. The van der Waals surface area contributed by atoms with Gasteiger partial charge in [-0.2, -0.15) is 0 Å². The van der Waals surface area contributed by atoms with Crippen molar-refractivity contribution in [1.82, 2.24) is 0 Å². The number of Topliss-reactive ketones (excluding diaryl/α,β-unsaturated/α-hetero) is 1. The molecule has 1 aromatic rings. The number of allylic oxidation sites excluding steroid dienone is 2. The SMILES string of the molecule is C/C(=C\[C@H]1CCCC(=O)C1)c1ccccc1. The zero-order chi connectivity index (χ0) is 11.4. The average molecular weight is 214 g/mol. The van der Waals surface area contributed by atoms with Crippen molar-refractivity contribution in [2.75, 3.05) is 0 Å². The highest BCUT2D eigenvalue weighted by molar-refractivity contribution is 5.80. The lowest BCUT2D eigenvalue weighted by molar-refractivity contribution is -0.121. The van der Waals surface area contributed by atoms with Crippen LogP contribution in [0, 0.1) is 5.92 Å². The van der Waals surface area contributed by atoms with E-state index in [2.05, 4.69) is 37.3 Å². The first-order valence-corrected chi connectivity index (χ1v) is 6.01. The van der Waals surface area contributed by atoms with Gasteiger partial charge in [0.25, 0.3) is 0 Å². The highest BCUT2D eigenvalue weighted by atomic mass is 16.1. The zero-order valence-electron chi connectivity index (χ0n) is 9.78. The second-order valence-corrected chi connectivity index (χ2v) is 4.61. The Morgan fingerprint density at radius 2 is 2.06 bits per heavy atom. The molecule has 16 heavy (non-hydrogen) atoms. The molecule has 0 bridgehead atoms. The van der Waals surface area contributed by atoms with E-state index in [4.69, 9.17) is 0 Å². The van der Waals surface area contributed by atoms with Crippen LogP contribution in [0.1, 0.15) is 38.2 Å². The second-order valence-electron chi connectivity index (χ2n) is 4.61. The van der Waals surface area contributed by atoms with Crippen molar-refractivity contribution in [3.05, 3.63) is 42.0 Å². The number of carbonyl (C=O) groups is 1. The van der Waals surface area contributed by atoms with Crippen LogP contribution < -0.4 is 0 Å². The van der Waals surface area contributed by atoms with Crippen LogP contribution in [-0.2, 0) is 4.79 Å². The molecular formula is C15H18O. The molecule has 0 unspecified atom stereocenters. The van der Waals surface area contributed by atoms with E-state index in [1.807, 2.05) is 6.07 Å². The van der Waals surface area contributed by atoms with Gasteiger partial charge in [0.1, 0.15) is 5.78 Å². The Labute approximate surface area is 97.2 Å². The van der Waals surface area contributed by atoms with E-state index in [9.17, 15) is 4.79 Å². The van der Waals surface area contributed by atoms with Gasteiger partial charge in [-0.05, 0) is 36.8 Å². The maximum absolute atomic E-state index is 11.4. The smallest absolute Gasteiger partial charge is 0.133 e. The highest BCUT2D eigenvalue weighted by Gasteiger charge is 2.17. The Balaban J connectivity index is 2.09. The monoisotopic (exact) mass is 214 g/mol. The van der Waals surface area contributed by atoms with Crippen LogP contribution in [-0.4, -0.2) is 5.78 Å². The quantitative estimate of drug-likeness (QED) is 0.730. The first kappa shape index (κ1) is 11.1. The molecule has 0 N–H and O–H groups in total. The summed E-state index contributed by atoms with van der Waals surface area (Å²) in [6.07, 6.45) is 6.02. The van der Waals surface area contributed by atoms with E-state index in [0.717, 1.165) is 25.7 Å². The third-order valence-corrected chi connectivity index (χ3v) is 3.24. The Morgan fingerprint density at radius 3 is 2.75 bits per heavy atom. The van der Waals surface area contributed by atoms with Crippen molar-refractivity contribution in [3.63, 3.8) is 0 Å². The molecule has 84 valence electrons. The molecule has 1 nitrogen and oxygen atoms in total. The second kappa shape index (κ2) is 5.11. The Hall–Kier alpha value is -1.37. The van der Waals surface area contributed by atoms with Crippen LogP contribution in [0.15, 0.2) is 36.4 Å². The van der Waals surface area contributed by atoms with Crippen molar-refractivity contribution in [1.29, 1.82) is 0 Å². The lowest BCUT2D eigenvalue weighted by Crippen LogP contribution is -2.13. The zero-order valence-corrected chi connectivity index (χ0v) is 9.78. The molecule has 0 amide bonds. The predicted octanol–water partition coefficient (Wildman–Crippen LogP) is 3.85. The van der Waals surface area contributed by atoms with Crippen LogP contribution in [0.25, 0.3) is 5.57 Å². The molecule has 2 rings (SSSR count). The van der Waals surface area contributed by atoms with Crippen LogP contribution in [0.2, 0.25) is 0 Å². The van der Waals surface area contributed by atoms with Crippen molar-refractivity contribution in [3.8, 4) is 0 Å². The van der Waals surface area contributed by atoms with Gasteiger partial charge in [-0.3, -0.25) is 4.79 Å². The molecule has 0 aliphatic heterocycles.